The molecule has 0 unspecified atom stereocenters. The Hall–Kier alpha value is -4.24. The SMILES string of the molecule is Cc1cc(Nc2ncnc3ccc(N4CCNC[C@@H]4C)cc23)ccc1Oc1ccn2ncnc2c1. The molecular weight excluding hydrogens is 440 g/mol. The molecule has 1 atom stereocenters. The Morgan fingerprint density at radius 3 is 2.86 bits per heavy atom. The lowest BCUT2D eigenvalue weighted by Gasteiger charge is -2.36. The number of nitrogens with zero attached hydrogens (tertiary/aromatic N) is 6. The number of nitrogens with one attached hydrogen (secondary N) is 2. The van der Waals surface area contributed by atoms with Gasteiger partial charge in [0, 0.05) is 54.7 Å². The molecule has 176 valence electrons. The van der Waals surface area contributed by atoms with Crippen LogP contribution in [0.15, 0.2) is 67.4 Å². The van der Waals surface area contributed by atoms with Crippen molar-refractivity contribution in [3.05, 3.63) is 72.9 Å². The number of pyridine rings is 1. The summed E-state index contributed by atoms with van der Waals surface area (Å²) in [5.74, 6) is 2.28. The van der Waals surface area contributed by atoms with Gasteiger partial charge in [-0.15, -0.1) is 0 Å². The summed E-state index contributed by atoms with van der Waals surface area (Å²) >= 11 is 0. The molecule has 5 aromatic rings. The Labute approximate surface area is 202 Å². The Kier molecular flexibility index (Phi) is 5.38. The first-order valence-electron chi connectivity index (χ1n) is 11.7. The minimum absolute atomic E-state index is 0.433. The summed E-state index contributed by atoms with van der Waals surface area (Å²) in [5, 5.41) is 12.0. The van der Waals surface area contributed by atoms with Crippen molar-refractivity contribution < 1.29 is 4.74 Å². The van der Waals surface area contributed by atoms with Gasteiger partial charge in [-0.05, 0) is 61.9 Å². The van der Waals surface area contributed by atoms with E-state index >= 15 is 0 Å². The van der Waals surface area contributed by atoms with Gasteiger partial charge < -0.3 is 20.3 Å². The van der Waals surface area contributed by atoms with E-state index in [4.69, 9.17) is 4.74 Å². The quantitative estimate of drug-likeness (QED) is 0.396. The van der Waals surface area contributed by atoms with Gasteiger partial charge in [0.05, 0.1) is 5.52 Å². The van der Waals surface area contributed by atoms with Crippen molar-refractivity contribution in [2.24, 2.45) is 0 Å². The number of hydrogen-bond acceptors (Lipinski definition) is 8. The third-order valence-corrected chi connectivity index (χ3v) is 6.37. The summed E-state index contributed by atoms with van der Waals surface area (Å²) in [4.78, 5) is 15.7. The molecule has 0 spiro atoms. The van der Waals surface area contributed by atoms with Gasteiger partial charge in [-0.2, -0.15) is 5.10 Å². The van der Waals surface area contributed by atoms with Gasteiger partial charge in [-0.3, -0.25) is 0 Å². The number of aromatic nitrogens is 5. The maximum Gasteiger partial charge on any atom is 0.158 e. The minimum atomic E-state index is 0.433. The molecule has 9 heteroatoms. The van der Waals surface area contributed by atoms with Gasteiger partial charge >= 0.3 is 0 Å². The van der Waals surface area contributed by atoms with Crippen molar-refractivity contribution in [3.63, 3.8) is 0 Å². The number of anilines is 3. The molecule has 2 N–H and O–H groups in total. The van der Waals surface area contributed by atoms with Crippen LogP contribution < -0.4 is 20.3 Å². The molecule has 3 aromatic heterocycles. The van der Waals surface area contributed by atoms with Crippen molar-refractivity contribution >= 4 is 33.7 Å². The zero-order valence-electron chi connectivity index (χ0n) is 19.6. The number of rotatable bonds is 5. The van der Waals surface area contributed by atoms with E-state index in [0.717, 1.165) is 59.0 Å². The molecule has 0 radical (unpaired) electrons. The fourth-order valence-corrected chi connectivity index (χ4v) is 4.51. The largest absolute Gasteiger partial charge is 0.457 e. The molecule has 4 heterocycles. The Morgan fingerprint density at radius 2 is 1.97 bits per heavy atom. The van der Waals surface area contributed by atoms with E-state index in [-0.39, 0.29) is 0 Å². The van der Waals surface area contributed by atoms with Crippen LogP contribution in [0.4, 0.5) is 17.2 Å². The molecule has 6 rings (SSSR count). The molecule has 0 saturated carbocycles. The highest BCUT2D eigenvalue weighted by Gasteiger charge is 2.19. The third kappa shape index (κ3) is 4.22. The number of piperazine rings is 1. The summed E-state index contributed by atoms with van der Waals surface area (Å²) in [6, 6.07) is 16.6. The maximum absolute atomic E-state index is 6.11. The maximum atomic E-state index is 6.11. The van der Waals surface area contributed by atoms with Crippen LogP contribution >= 0.6 is 0 Å². The van der Waals surface area contributed by atoms with Gasteiger partial charge in [0.25, 0.3) is 0 Å². The van der Waals surface area contributed by atoms with Crippen LogP contribution in [0.25, 0.3) is 16.6 Å². The molecular formula is C26H26N8O. The second kappa shape index (κ2) is 8.84. The predicted octanol–water partition coefficient (Wildman–Crippen LogP) is 4.31. The van der Waals surface area contributed by atoms with E-state index in [1.54, 1.807) is 10.8 Å². The van der Waals surface area contributed by atoms with E-state index in [1.807, 2.05) is 37.4 Å². The third-order valence-electron chi connectivity index (χ3n) is 6.37. The number of hydrogen-bond donors (Lipinski definition) is 2. The van der Waals surface area contributed by atoms with Crippen molar-refractivity contribution in [1.82, 2.24) is 29.9 Å². The number of benzene rings is 2. The van der Waals surface area contributed by atoms with Gasteiger partial charge in [0.1, 0.15) is 30.0 Å². The molecule has 1 fully saturated rings. The molecule has 0 amide bonds. The van der Waals surface area contributed by atoms with E-state index in [9.17, 15) is 0 Å². The highest BCUT2D eigenvalue weighted by molar-refractivity contribution is 5.93. The van der Waals surface area contributed by atoms with Gasteiger partial charge in [-0.1, -0.05) is 0 Å². The summed E-state index contributed by atoms with van der Waals surface area (Å²) in [7, 11) is 0. The fraction of sp³-hybridized carbons (Fsp3) is 0.231. The second-order valence-electron chi connectivity index (χ2n) is 8.80. The normalized spacial score (nSPS) is 16.1. The molecule has 35 heavy (non-hydrogen) atoms. The van der Waals surface area contributed by atoms with Crippen LogP contribution in [-0.2, 0) is 0 Å². The topological polar surface area (TPSA) is 92.5 Å². The van der Waals surface area contributed by atoms with Crippen LogP contribution in [-0.4, -0.2) is 50.2 Å². The van der Waals surface area contributed by atoms with E-state index in [0.29, 0.717) is 11.8 Å². The first-order valence-corrected chi connectivity index (χ1v) is 11.7. The average molecular weight is 467 g/mol. The van der Waals surface area contributed by atoms with Crippen molar-refractivity contribution in [2.45, 2.75) is 19.9 Å². The highest BCUT2D eigenvalue weighted by atomic mass is 16.5. The standard InChI is InChI=1S/C26H26N8O/c1-17-11-19(3-6-24(17)35-21-7-9-34-25(13-21)29-16-31-34)32-26-22-12-20(4-5-23(22)28-15-30-26)33-10-8-27-14-18(33)2/h3-7,9,11-13,15-16,18,27H,8,10,14H2,1-2H3,(H,28,30,32)/t18-/m0/s1. The summed E-state index contributed by atoms with van der Waals surface area (Å²) < 4.78 is 7.81. The fourth-order valence-electron chi connectivity index (χ4n) is 4.51. The molecule has 1 aliphatic heterocycles. The molecule has 1 aliphatic rings. The predicted molar refractivity (Wildman–Crippen MR) is 137 cm³/mol. The van der Waals surface area contributed by atoms with Gasteiger partial charge in [-0.25, -0.2) is 19.5 Å². The lowest BCUT2D eigenvalue weighted by Crippen LogP contribution is -2.49. The van der Waals surface area contributed by atoms with Crippen molar-refractivity contribution in [3.8, 4) is 11.5 Å². The second-order valence-corrected chi connectivity index (χ2v) is 8.80. The minimum Gasteiger partial charge on any atom is -0.457 e. The van der Waals surface area contributed by atoms with Crippen LogP contribution in [0.5, 0.6) is 11.5 Å². The number of fused-ring (bicyclic) bond motifs is 2. The van der Waals surface area contributed by atoms with E-state index < -0.39 is 0 Å². The number of ether oxygens (including phenoxy) is 1. The summed E-state index contributed by atoms with van der Waals surface area (Å²) in [5.41, 5.74) is 4.78. The van der Waals surface area contributed by atoms with E-state index in [1.165, 1.54) is 12.0 Å². The zero-order chi connectivity index (χ0) is 23.8. The lowest BCUT2D eigenvalue weighted by molar-refractivity contribution is 0.478. The van der Waals surface area contributed by atoms with Crippen LogP contribution in [0.1, 0.15) is 12.5 Å². The first-order chi connectivity index (χ1) is 17.1. The molecule has 2 aromatic carbocycles. The monoisotopic (exact) mass is 466 g/mol. The molecule has 1 saturated heterocycles. The average Bonchev–Trinajstić information content (AvgIpc) is 3.34. The number of aryl methyl sites for hydroxylation is 1. The van der Waals surface area contributed by atoms with E-state index in [2.05, 4.69) is 66.8 Å². The Balaban J connectivity index is 1.26. The zero-order valence-corrected chi connectivity index (χ0v) is 19.6. The Morgan fingerprint density at radius 1 is 1.03 bits per heavy atom. The van der Waals surface area contributed by atoms with Crippen molar-refractivity contribution in [1.29, 1.82) is 0 Å². The lowest BCUT2D eigenvalue weighted by atomic mass is 10.1. The van der Waals surface area contributed by atoms with Crippen LogP contribution in [0.2, 0.25) is 0 Å². The summed E-state index contributed by atoms with van der Waals surface area (Å²) in [6.07, 6.45) is 4.95. The van der Waals surface area contributed by atoms with Crippen LogP contribution in [0.3, 0.4) is 0 Å². The Bertz CT molecular complexity index is 1510. The molecule has 9 nitrogen and oxygen atoms in total. The van der Waals surface area contributed by atoms with Gasteiger partial charge in [0.2, 0.25) is 0 Å². The summed E-state index contributed by atoms with van der Waals surface area (Å²) in [6.45, 7) is 7.22. The van der Waals surface area contributed by atoms with Crippen molar-refractivity contribution in [2.75, 3.05) is 29.9 Å². The van der Waals surface area contributed by atoms with Gasteiger partial charge in [0.15, 0.2) is 5.65 Å². The van der Waals surface area contributed by atoms with Crippen LogP contribution in [0, 0.1) is 6.92 Å². The molecule has 0 bridgehead atoms. The smallest absolute Gasteiger partial charge is 0.158 e. The molecule has 0 aliphatic carbocycles. The highest BCUT2D eigenvalue weighted by Crippen LogP contribution is 2.31. The first kappa shape index (κ1) is 21.3.